The largest absolute Gasteiger partial charge is 0.493 e. The summed E-state index contributed by atoms with van der Waals surface area (Å²) in [7, 11) is 4.15. The molecule has 1 aliphatic rings. The minimum atomic E-state index is 0.112. The van der Waals surface area contributed by atoms with Gasteiger partial charge in [0.05, 0.1) is 6.61 Å². The molecule has 1 aliphatic heterocycles. The number of likely N-dealkylation sites (N-methyl/N-ethyl adjacent to an activating group) is 2. The zero-order chi connectivity index (χ0) is 13.2. The zero-order valence-electron chi connectivity index (χ0n) is 11.9. The molecular formula is C15H24N2O. The smallest absolute Gasteiger partial charge is 0.122 e. The van der Waals surface area contributed by atoms with Gasteiger partial charge in [0.25, 0.3) is 0 Å². The molecule has 3 nitrogen and oxygen atoms in total. The first-order valence-electron chi connectivity index (χ1n) is 6.67. The molecule has 0 amide bonds. The maximum absolute atomic E-state index is 5.65. The number of rotatable bonds is 4. The molecule has 0 saturated carbocycles. The number of anilines is 1. The molecule has 0 unspecified atom stereocenters. The van der Waals surface area contributed by atoms with Crippen LogP contribution >= 0.6 is 0 Å². The number of ether oxygens (including phenoxy) is 1. The van der Waals surface area contributed by atoms with Gasteiger partial charge in [0.2, 0.25) is 0 Å². The summed E-state index contributed by atoms with van der Waals surface area (Å²) in [6.45, 7) is 6.26. The Morgan fingerprint density at radius 2 is 2.17 bits per heavy atom. The van der Waals surface area contributed by atoms with Crippen molar-refractivity contribution in [3.8, 4) is 5.75 Å². The average molecular weight is 248 g/mol. The van der Waals surface area contributed by atoms with Crippen LogP contribution in [0.4, 0.5) is 5.69 Å². The molecule has 0 spiro atoms. The van der Waals surface area contributed by atoms with Gasteiger partial charge in [-0.15, -0.1) is 0 Å². The third-order valence-electron chi connectivity index (χ3n) is 3.64. The van der Waals surface area contributed by atoms with E-state index in [0.717, 1.165) is 31.7 Å². The summed E-state index contributed by atoms with van der Waals surface area (Å²) >= 11 is 0. The van der Waals surface area contributed by atoms with Gasteiger partial charge in [-0.1, -0.05) is 0 Å². The Labute approximate surface area is 110 Å². The molecule has 0 fully saturated rings. The van der Waals surface area contributed by atoms with Crippen LogP contribution in [0.3, 0.4) is 0 Å². The Morgan fingerprint density at radius 1 is 1.39 bits per heavy atom. The molecule has 100 valence electrons. The van der Waals surface area contributed by atoms with Crippen molar-refractivity contribution in [3.05, 3.63) is 23.8 Å². The molecule has 2 rings (SSSR count). The van der Waals surface area contributed by atoms with Crippen LogP contribution in [0.15, 0.2) is 18.2 Å². The maximum atomic E-state index is 5.65. The van der Waals surface area contributed by atoms with Crippen LogP contribution in [-0.4, -0.2) is 32.8 Å². The van der Waals surface area contributed by atoms with Gasteiger partial charge in [-0.25, -0.2) is 0 Å². The van der Waals surface area contributed by atoms with E-state index in [9.17, 15) is 0 Å². The Balaban J connectivity index is 2.13. The second-order valence-corrected chi connectivity index (χ2v) is 5.73. The summed E-state index contributed by atoms with van der Waals surface area (Å²) in [5.41, 5.74) is 2.72. The lowest BCUT2D eigenvalue weighted by atomic mass is 10.0. The Bertz CT molecular complexity index is 415. The highest BCUT2D eigenvalue weighted by Crippen LogP contribution is 2.29. The summed E-state index contributed by atoms with van der Waals surface area (Å²) < 4.78 is 5.65. The fourth-order valence-corrected chi connectivity index (χ4v) is 2.35. The second-order valence-electron chi connectivity index (χ2n) is 5.73. The molecule has 1 aromatic rings. The van der Waals surface area contributed by atoms with Crippen LogP contribution in [0.5, 0.6) is 5.75 Å². The number of nitrogens with one attached hydrogen (secondary N) is 1. The van der Waals surface area contributed by atoms with Crippen LogP contribution in [0.25, 0.3) is 0 Å². The molecule has 18 heavy (non-hydrogen) atoms. The first-order chi connectivity index (χ1) is 8.52. The summed E-state index contributed by atoms with van der Waals surface area (Å²) in [4.78, 5) is 2.30. The third kappa shape index (κ3) is 2.96. The van der Waals surface area contributed by atoms with Crippen LogP contribution in [0.2, 0.25) is 0 Å². The summed E-state index contributed by atoms with van der Waals surface area (Å²) in [6, 6.07) is 6.52. The molecule has 0 aromatic heterocycles. The lowest BCUT2D eigenvalue weighted by Crippen LogP contribution is -2.46. The van der Waals surface area contributed by atoms with Gasteiger partial charge >= 0.3 is 0 Å². The van der Waals surface area contributed by atoms with Crippen molar-refractivity contribution in [3.63, 3.8) is 0 Å². The molecular weight excluding hydrogens is 224 g/mol. The Morgan fingerprint density at radius 3 is 2.89 bits per heavy atom. The highest BCUT2D eigenvalue weighted by molar-refractivity contribution is 5.53. The number of fused-ring (bicyclic) bond motifs is 1. The standard InChI is InChI=1S/C15H24N2O/c1-15(2,16-3)11-17(4)13-7-8-14-12(10-13)6-5-9-18-14/h7-8,10,16H,5-6,9,11H2,1-4H3. The van der Waals surface area contributed by atoms with Crippen molar-refractivity contribution in [2.45, 2.75) is 32.2 Å². The van der Waals surface area contributed by atoms with Crippen LogP contribution in [0.1, 0.15) is 25.8 Å². The number of nitrogens with zero attached hydrogens (tertiary/aromatic N) is 1. The van der Waals surface area contributed by atoms with Crippen molar-refractivity contribution >= 4 is 5.69 Å². The third-order valence-corrected chi connectivity index (χ3v) is 3.64. The highest BCUT2D eigenvalue weighted by Gasteiger charge is 2.18. The van der Waals surface area contributed by atoms with Crippen molar-refractivity contribution in [1.29, 1.82) is 0 Å². The monoisotopic (exact) mass is 248 g/mol. The average Bonchev–Trinajstić information content (AvgIpc) is 2.37. The topological polar surface area (TPSA) is 24.5 Å². The van der Waals surface area contributed by atoms with E-state index >= 15 is 0 Å². The van der Waals surface area contributed by atoms with Gasteiger partial charge in [-0.05, 0) is 57.5 Å². The Hall–Kier alpha value is -1.22. The summed E-state index contributed by atoms with van der Waals surface area (Å²) in [5.74, 6) is 1.06. The molecule has 1 heterocycles. The quantitative estimate of drug-likeness (QED) is 0.886. The lowest BCUT2D eigenvalue weighted by molar-refractivity contribution is 0.288. The van der Waals surface area contributed by atoms with E-state index in [4.69, 9.17) is 4.74 Å². The summed E-state index contributed by atoms with van der Waals surface area (Å²) in [5, 5.41) is 3.34. The molecule has 0 bridgehead atoms. The minimum absolute atomic E-state index is 0.112. The molecule has 1 aromatic carbocycles. The van der Waals surface area contributed by atoms with Gasteiger partial charge in [-0.3, -0.25) is 0 Å². The van der Waals surface area contributed by atoms with Gasteiger partial charge < -0.3 is 15.0 Å². The molecule has 0 saturated heterocycles. The SMILES string of the molecule is CNC(C)(C)CN(C)c1ccc2c(c1)CCCO2. The molecule has 0 atom stereocenters. The van der Waals surface area contributed by atoms with Crippen molar-refractivity contribution in [2.75, 3.05) is 32.1 Å². The fourth-order valence-electron chi connectivity index (χ4n) is 2.35. The van der Waals surface area contributed by atoms with E-state index in [-0.39, 0.29) is 5.54 Å². The fraction of sp³-hybridized carbons (Fsp3) is 0.600. The Kier molecular flexibility index (Phi) is 3.81. The highest BCUT2D eigenvalue weighted by atomic mass is 16.5. The van der Waals surface area contributed by atoms with Gasteiger partial charge in [-0.2, -0.15) is 0 Å². The number of hydrogen-bond acceptors (Lipinski definition) is 3. The van der Waals surface area contributed by atoms with Crippen molar-refractivity contribution in [1.82, 2.24) is 5.32 Å². The summed E-state index contributed by atoms with van der Waals surface area (Å²) in [6.07, 6.45) is 2.26. The van der Waals surface area contributed by atoms with E-state index in [1.807, 2.05) is 7.05 Å². The normalized spacial score (nSPS) is 14.9. The van der Waals surface area contributed by atoms with Gasteiger partial charge in [0.1, 0.15) is 5.75 Å². The van der Waals surface area contributed by atoms with Crippen molar-refractivity contribution < 1.29 is 4.74 Å². The van der Waals surface area contributed by atoms with Crippen LogP contribution in [-0.2, 0) is 6.42 Å². The second kappa shape index (κ2) is 5.19. The molecule has 3 heteroatoms. The maximum Gasteiger partial charge on any atom is 0.122 e. The van der Waals surface area contributed by atoms with E-state index in [1.54, 1.807) is 0 Å². The molecule has 0 radical (unpaired) electrons. The van der Waals surface area contributed by atoms with Gasteiger partial charge in [0, 0.05) is 24.8 Å². The molecule has 1 N–H and O–H groups in total. The first kappa shape index (κ1) is 13.2. The lowest BCUT2D eigenvalue weighted by Gasteiger charge is -2.32. The van der Waals surface area contributed by atoms with E-state index < -0.39 is 0 Å². The zero-order valence-corrected chi connectivity index (χ0v) is 11.9. The first-order valence-corrected chi connectivity index (χ1v) is 6.67. The van der Waals surface area contributed by atoms with E-state index in [1.165, 1.54) is 11.3 Å². The van der Waals surface area contributed by atoms with Crippen molar-refractivity contribution in [2.24, 2.45) is 0 Å². The van der Waals surface area contributed by atoms with Crippen LogP contribution in [0, 0.1) is 0 Å². The van der Waals surface area contributed by atoms with E-state index in [2.05, 4.69) is 49.3 Å². The minimum Gasteiger partial charge on any atom is -0.493 e. The number of aryl methyl sites for hydroxylation is 1. The van der Waals surface area contributed by atoms with Crippen LogP contribution < -0.4 is 15.0 Å². The predicted octanol–water partition coefficient (Wildman–Crippen LogP) is 2.45. The van der Waals surface area contributed by atoms with E-state index in [0.29, 0.717) is 0 Å². The molecule has 0 aliphatic carbocycles. The predicted molar refractivity (Wildman–Crippen MR) is 76.7 cm³/mol. The van der Waals surface area contributed by atoms with Gasteiger partial charge in [0.15, 0.2) is 0 Å². The number of benzene rings is 1. The number of hydrogen-bond donors (Lipinski definition) is 1.